The lowest BCUT2D eigenvalue weighted by Gasteiger charge is -2.08. The minimum atomic E-state index is -0.167. The smallest absolute Gasteiger partial charge is 0.251 e. The molecule has 0 radical (unpaired) electrons. The van der Waals surface area contributed by atoms with E-state index in [-0.39, 0.29) is 11.8 Å². The van der Waals surface area contributed by atoms with Crippen LogP contribution in [0.2, 0.25) is 5.02 Å². The first-order valence-corrected chi connectivity index (χ1v) is 9.38. The Morgan fingerprint density at radius 1 is 1.15 bits per heavy atom. The fourth-order valence-corrected chi connectivity index (χ4v) is 3.13. The predicted molar refractivity (Wildman–Crippen MR) is 109 cm³/mol. The van der Waals surface area contributed by atoms with Crippen LogP contribution in [0.4, 0.5) is 5.69 Å². The van der Waals surface area contributed by atoms with Gasteiger partial charge >= 0.3 is 0 Å². The molecule has 0 fully saturated rings. The van der Waals surface area contributed by atoms with Gasteiger partial charge in [-0.05, 0) is 54.8 Å². The van der Waals surface area contributed by atoms with E-state index in [1.807, 2.05) is 31.3 Å². The average Bonchev–Trinajstić information content (AvgIpc) is 3.04. The lowest BCUT2D eigenvalue weighted by Crippen LogP contribution is -2.25. The molecule has 2 amide bonds. The van der Waals surface area contributed by atoms with Gasteiger partial charge in [0, 0.05) is 46.3 Å². The molecular weight excluding hydrogens is 362 g/mol. The Hall–Kier alpha value is -2.79. The zero-order valence-corrected chi connectivity index (χ0v) is 15.9. The van der Waals surface area contributed by atoms with Crippen molar-refractivity contribution in [3.8, 4) is 0 Å². The summed E-state index contributed by atoms with van der Waals surface area (Å²) in [5.41, 5.74) is 3.28. The standard InChI is InChI=1S/C21H22ClN3O2/c1-2-4-20(26)25-17-6-3-5-14(11-17)21(27)23-10-9-15-13-24-19-8-7-16(22)12-18(15)19/h3,5-8,11-13,24H,2,4,9-10H2,1H3,(H,23,27)(H,25,26). The van der Waals surface area contributed by atoms with Gasteiger partial charge in [0.1, 0.15) is 0 Å². The van der Waals surface area contributed by atoms with Gasteiger partial charge in [-0.25, -0.2) is 0 Å². The summed E-state index contributed by atoms with van der Waals surface area (Å²) >= 11 is 6.07. The Morgan fingerprint density at radius 2 is 2.00 bits per heavy atom. The second-order valence-corrected chi connectivity index (χ2v) is 6.83. The Labute approximate surface area is 163 Å². The van der Waals surface area contributed by atoms with Gasteiger partial charge in [0.25, 0.3) is 5.91 Å². The highest BCUT2D eigenvalue weighted by molar-refractivity contribution is 6.31. The summed E-state index contributed by atoms with van der Waals surface area (Å²) in [5, 5.41) is 7.49. The molecule has 0 bridgehead atoms. The topological polar surface area (TPSA) is 74.0 Å². The lowest BCUT2D eigenvalue weighted by molar-refractivity contribution is -0.116. The number of halogens is 1. The molecule has 1 heterocycles. The van der Waals surface area contributed by atoms with E-state index in [0.717, 1.165) is 22.9 Å². The summed E-state index contributed by atoms with van der Waals surface area (Å²) in [6, 6.07) is 12.7. The number of anilines is 1. The SMILES string of the molecule is CCCC(=O)Nc1cccc(C(=O)NCCc2c[nH]c3ccc(Cl)cc23)c1. The van der Waals surface area contributed by atoms with Crippen molar-refractivity contribution in [3.05, 3.63) is 64.8 Å². The van der Waals surface area contributed by atoms with Crippen LogP contribution in [0.5, 0.6) is 0 Å². The molecular formula is C21H22ClN3O2. The van der Waals surface area contributed by atoms with Crippen molar-refractivity contribution >= 4 is 40.0 Å². The molecule has 0 spiro atoms. The number of fused-ring (bicyclic) bond motifs is 1. The molecule has 2 aromatic carbocycles. The second kappa shape index (κ2) is 8.73. The fourth-order valence-electron chi connectivity index (χ4n) is 2.96. The molecule has 0 aliphatic carbocycles. The van der Waals surface area contributed by atoms with Gasteiger partial charge in [0.05, 0.1) is 0 Å². The minimum Gasteiger partial charge on any atom is -0.361 e. The molecule has 0 saturated carbocycles. The first-order chi connectivity index (χ1) is 13.1. The Balaban J connectivity index is 1.59. The van der Waals surface area contributed by atoms with E-state index in [9.17, 15) is 9.59 Å². The number of carbonyl (C=O) groups excluding carboxylic acids is 2. The normalized spacial score (nSPS) is 10.7. The van der Waals surface area contributed by atoms with Crippen molar-refractivity contribution in [2.45, 2.75) is 26.2 Å². The number of aromatic amines is 1. The van der Waals surface area contributed by atoms with Crippen molar-refractivity contribution in [1.29, 1.82) is 0 Å². The average molecular weight is 384 g/mol. The van der Waals surface area contributed by atoms with Crippen molar-refractivity contribution in [3.63, 3.8) is 0 Å². The number of rotatable bonds is 7. The summed E-state index contributed by atoms with van der Waals surface area (Å²) in [6.45, 7) is 2.45. The Morgan fingerprint density at radius 3 is 2.81 bits per heavy atom. The highest BCUT2D eigenvalue weighted by Gasteiger charge is 2.09. The number of aromatic nitrogens is 1. The third kappa shape index (κ3) is 4.89. The Bertz CT molecular complexity index is 965. The number of hydrogen-bond acceptors (Lipinski definition) is 2. The lowest BCUT2D eigenvalue weighted by atomic mass is 10.1. The van der Waals surface area contributed by atoms with E-state index in [0.29, 0.717) is 35.7 Å². The maximum absolute atomic E-state index is 12.4. The van der Waals surface area contributed by atoms with E-state index < -0.39 is 0 Å². The number of nitrogens with one attached hydrogen (secondary N) is 3. The monoisotopic (exact) mass is 383 g/mol. The molecule has 5 nitrogen and oxygen atoms in total. The fraction of sp³-hybridized carbons (Fsp3) is 0.238. The molecule has 0 unspecified atom stereocenters. The minimum absolute atomic E-state index is 0.0481. The van der Waals surface area contributed by atoms with Crippen LogP contribution in [0.15, 0.2) is 48.7 Å². The molecule has 0 saturated heterocycles. The molecule has 0 aliphatic heterocycles. The molecule has 0 aliphatic rings. The summed E-state index contributed by atoms with van der Waals surface area (Å²) in [4.78, 5) is 27.3. The van der Waals surface area contributed by atoms with E-state index >= 15 is 0 Å². The van der Waals surface area contributed by atoms with Gasteiger partial charge in [-0.15, -0.1) is 0 Å². The molecule has 3 aromatic rings. The molecule has 3 rings (SSSR count). The van der Waals surface area contributed by atoms with Crippen LogP contribution in [0.25, 0.3) is 10.9 Å². The molecule has 3 N–H and O–H groups in total. The number of hydrogen-bond donors (Lipinski definition) is 3. The van der Waals surface area contributed by atoms with Crippen LogP contribution < -0.4 is 10.6 Å². The zero-order valence-electron chi connectivity index (χ0n) is 15.1. The summed E-state index contributed by atoms with van der Waals surface area (Å²) in [5.74, 6) is -0.215. The number of amides is 2. The highest BCUT2D eigenvalue weighted by atomic mass is 35.5. The Kier molecular flexibility index (Phi) is 6.14. The second-order valence-electron chi connectivity index (χ2n) is 6.39. The maximum atomic E-state index is 12.4. The molecule has 1 aromatic heterocycles. The number of benzene rings is 2. The van der Waals surface area contributed by atoms with Gasteiger partial charge in [0.15, 0.2) is 0 Å². The largest absolute Gasteiger partial charge is 0.361 e. The van der Waals surface area contributed by atoms with E-state index in [1.54, 1.807) is 24.3 Å². The summed E-state index contributed by atoms with van der Waals surface area (Å²) < 4.78 is 0. The molecule has 140 valence electrons. The van der Waals surface area contributed by atoms with Crippen molar-refractivity contribution < 1.29 is 9.59 Å². The van der Waals surface area contributed by atoms with Gasteiger partial charge in [-0.1, -0.05) is 24.6 Å². The van der Waals surface area contributed by atoms with Crippen molar-refractivity contribution in [1.82, 2.24) is 10.3 Å². The molecule has 6 heteroatoms. The van der Waals surface area contributed by atoms with Crippen LogP contribution in [-0.4, -0.2) is 23.3 Å². The third-order valence-electron chi connectivity index (χ3n) is 4.29. The van der Waals surface area contributed by atoms with Crippen molar-refractivity contribution in [2.75, 3.05) is 11.9 Å². The van der Waals surface area contributed by atoms with E-state index in [4.69, 9.17) is 11.6 Å². The van der Waals surface area contributed by atoms with Crippen molar-refractivity contribution in [2.24, 2.45) is 0 Å². The van der Waals surface area contributed by atoms with Crippen LogP contribution in [0, 0.1) is 0 Å². The quantitative estimate of drug-likeness (QED) is 0.560. The highest BCUT2D eigenvalue weighted by Crippen LogP contribution is 2.22. The first kappa shape index (κ1) is 19.0. The van der Waals surface area contributed by atoms with E-state index in [1.165, 1.54) is 0 Å². The van der Waals surface area contributed by atoms with E-state index in [2.05, 4.69) is 15.6 Å². The van der Waals surface area contributed by atoms with Gasteiger partial charge in [-0.3, -0.25) is 9.59 Å². The third-order valence-corrected chi connectivity index (χ3v) is 4.53. The predicted octanol–water partition coefficient (Wildman–Crippen LogP) is 4.53. The maximum Gasteiger partial charge on any atom is 0.251 e. The van der Waals surface area contributed by atoms with Gasteiger partial charge in [-0.2, -0.15) is 0 Å². The summed E-state index contributed by atoms with van der Waals surface area (Å²) in [7, 11) is 0. The van der Waals surface area contributed by atoms with Gasteiger partial charge in [0.2, 0.25) is 5.91 Å². The number of H-pyrrole nitrogens is 1. The van der Waals surface area contributed by atoms with Crippen LogP contribution in [-0.2, 0) is 11.2 Å². The summed E-state index contributed by atoms with van der Waals surface area (Å²) in [6.07, 6.45) is 3.88. The number of carbonyl (C=O) groups is 2. The van der Waals surface area contributed by atoms with Gasteiger partial charge < -0.3 is 15.6 Å². The van der Waals surface area contributed by atoms with Crippen LogP contribution in [0.3, 0.4) is 0 Å². The first-order valence-electron chi connectivity index (χ1n) is 9.00. The van der Waals surface area contributed by atoms with Crippen LogP contribution >= 0.6 is 11.6 Å². The molecule has 27 heavy (non-hydrogen) atoms. The zero-order chi connectivity index (χ0) is 19.2. The molecule has 0 atom stereocenters. The van der Waals surface area contributed by atoms with Crippen LogP contribution in [0.1, 0.15) is 35.7 Å².